The van der Waals surface area contributed by atoms with E-state index in [0.29, 0.717) is 57.2 Å². The first-order chi connectivity index (χ1) is 25.5. The van der Waals surface area contributed by atoms with Crippen LogP contribution in [0, 0.1) is 5.92 Å². The molecule has 0 aromatic heterocycles. The summed E-state index contributed by atoms with van der Waals surface area (Å²) in [5.41, 5.74) is 16.9. The number of carbonyl (C=O) groups is 6. The fourth-order valence-corrected chi connectivity index (χ4v) is 5.74. The quantitative estimate of drug-likeness (QED) is 0.0443. The van der Waals surface area contributed by atoms with Gasteiger partial charge in [-0.15, -0.1) is 6.58 Å². The molecule has 16 nitrogen and oxygen atoms in total. The van der Waals surface area contributed by atoms with E-state index in [0.717, 1.165) is 0 Å². The van der Waals surface area contributed by atoms with Crippen molar-refractivity contribution in [3.8, 4) is 5.75 Å². The lowest BCUT2D eigenvalue weighted by atomic mass is 9.95. The Morgan fingerprint density at radius 3 is 1.70 bits per heavy atom. The van der Waals surface area contributed by atoms with Crippen LogP contribution in [0.2, 0.25) is 0 Å². The number of phenolic OH excluding ortho intramolecular Hbond substituents is 1. The van der Waals surface area contributed by atoms with Gasteiger partial charge in [-0.2, -0.15) is 0 Å². The number of benzene rings is 1. The van der Waals surface area contributed by atoms with E-state index < -0.39 is 71.3 Å². The second-order valence-corrected chi connectivity index (χ2v) is 14.4. The molecule has 0 unspecified atom stereocenters. The topological polar surface area (TPSA) is 281 Å². The van der Waals surface area contributed by atoms with Crippen molar-refractivity contribution in [3.63, 3.8) is 0 Å². The average Bonchev–Trinajstić information content (AvgIpc) is 3.10. The van der Waals surface area contributed by atoms with Gasteiger partial charge in [-0.05, 0) is 101 Å². The van der Waals surface area contributed by atoms with E-state index in [9.17, 15) is 39.0 Å². The lowest BCUT2D eigenvalue weighted by Gasteiger charge is -2.29. The third-order valence-corrected chi connectivity index (χ3v) is 8.80. The monoisotopic (exact) mass is 760 g/mol. The van der Waals surface area contributed by atoms with Crippen LogP contribution in [-0.2, 0) is 35.2 Å². The van der Waals surface area contributed by atoms with E-state index in [1.54, 1.807) is 19.1 Å². The number of aromatic hydroxyl groups is 1. The van der Waals surface area contributed by atoms with Crippen LogP contribution in [0.5, 0.6) is 5.75 Å². The van der Waals surface area contributed by atoms with Crippen molar-refractivity contribution in [2.24, 2.45) is 23.1 Å². The van der Waals surface area contributed by atoms with Crippen LogP contribution in [0.3, 0.4) is 0 Å². The van der Waals surface area contributed by atoms with Crippen molar-refractivity contribution in [3.05, 3.63) is 42.5 Å². The summed E-state index contributed by atoms with van der Waals surface area (Å²) in [6, 6.07) is 0.102. The highest BCUT2D eigenvalue weighted by Gasteiger charge is 2.34. The number of carboxylic acid groups (broad SMARTS) is 1. The van der Waals surface area contributed by atoms with E-state index in [-0.39, 0.29) is 43.8 Å². The number of amides is 5. The second-order valence-electron chi connectivity index (χ2n) is 14.4. The Morgan fingerprint density at radius 2 is 1.22 bits per heavy atom. The summed E-state index contributed by atoms with van der Waals surface area (Å²) in [6.45, 7) is 11.5. The van der Waals surface area contributed by atoms with Crippen LogP contribution >= 0.6 is 0 Å². The average molecular weight is 761 g/mol. The van der Waals surface area contributed by atoms with Gasteiger partial charge in [-0.25, -0.2) is 4.79 Å². The second kappa shape index (κ2) is 24.7. The molecule has 1 rings (SSSR count). The molecule has 6 atom stereocenters. The maximum atomic E-state index is 13.8. The maximum absolute atomic E-state index is 13.8. The van der Waals surface area contributed by atoms with Gasteiger partial charge >= 0.3 is 5.97 Å². The molecule has 0 aliphatic rings. The summed E-state index contributed by atoms with van der Waals surface area (Å²) in [5.74, 6) is -4.60. The number of rotatable bonds is 27. The van der Waals surface area contributed by atoms with Crippen LogP contribution in [-0.4, -0.2) is 94.6 Å². The number of nitrogens with one attached hydrogen (secondary N) is 5. The molecular weight excluding hydrogens is 696 g/mol. The Hall–Kier alpha value is -4.54. The lowest BCUT2D eigenvalue weighted by molar-refractivity contribution is -0.142. The number of nitrogens with two attached hydrogens (primary N) is 3. The van der Waals surface area contributed by atoms with Gasteiger partial charge in [-0.3, -0.25) is 24.0 Å². The molecule has 0 saturated carbocycles. The summed E-state index contributed by atoms with van der Waals surface area (Å²) in [7, 11) is 0. The van der Waals surface area contributed by atoms with Crippen molar-refractivity contribution in [2.75, 3.05) is 13.1 Å². The predicted octanol–water partition coefficient (Wildman–Crippen LogP) is 0.841. The van der Waals surface area contributed by atoms with Crippen molar-refractivity contribution in [2.45, 2.75) is 134 Å². The predicted molar refractivity (Wildman–Crippen MR) is 207 cm³/mol. The van der Waals surface area contributed by atoms with Crippen LogP contribution in [0.15, 0.2) is 36.9 Å². The van der Waals surface area contributed by atoms with E-state index in [1.165, 1.54) is 18.2 Å². The zero-order valence-electron chi connectivity index (χ0n) is 32.3. The molecule has 0 aliphatic heterocycles. The summed E-state index contributed by atoms with van der Waals surface area (Å²) >= 11 is 0. The number of hydrogen-bond acceptors (Lipinski definition) is 10. The van der Waals surface area contributed by atoms with E-state index in [4.69, 9.17) is 17.2 Å². The van der Waals surface area contributed by atoms with Crippen molar-refractivity contribution >= 4 is 35.5 Å². The highest BCUT2D eigenvalue weighted by molar-refractivity contribution is 5.96. The number of unbranched alkanes of at least 4 members (excludes halogenated alkanes) is 2. The minimum Gasteiger partial charge on any atom is -0.508 e. The van der Waals surface area contributed by atoms with Gasteiger partial charge in [0.05, 0.1) is 5.54 Å². The normalized spacial score (nSPS) is 15.0. The first-order valence-corrected chi connectivity index (χ1v) is 18.8. The first-order valence-electron chi connectivity index (χ1n) is 18.8. The summed E-state index contributed by atoms with van der Waals surface area (Å²) < 4.78 is 0. The molecule has 13 N–H and O–H groups in total. The Labute approximate surface area is 319 Å². The van der Waals surface area contributed by atoms with Crippen molar-refractivity contribution < 1.29 is 39.0 Å². The summed E-state index contributed by atoms with van der Waals surface area (Å²) in [6.07, 6.45) is 5.06. The first kappa shape index (κ1) is 47.5. The van der Waals surface area contributed by atoms with E-state index in [2.05, 4.69) is 33.2 Å². The van der Waals surface area contributed by atoms with Crippen molar-refractivity contribution in [1.82, 2.24) is 26.6 Å². The maximum Gasteiger partial charge on any atom is 0.326 e. The highest BCUT2D eigenvalue weighted by Crippen LogP contribution is 2.14. The molecule has 1 aromatic carbocycles. The number of carbonyl (C=O) groups excluding carboxylic acids is 5. The number of phenols is 1. The van der Waals surface area contributed by atoms with E-state index >= 15 is 0 Å². The molecule has 0 spiro atoms. The Morgan fingerprint density at radius 1 is 0.759 bits per heavy atom. The van der Waals surface area contributed by atoms with Gasteiger partial charge in [0.1, 0.15) is 36.0 Å². The molecule has 5 amide bonds. The molecular formula is C38H64N8O8. The van der Waals surface area contributed by atoms with Gasteiger partial charge < -0.3 is 54.0 Å². The van der Waals surface area contributed by atoms with Gasteiger partial charge in [-0.1, -0.05) is 45.4 Å². The Balaban J connectivity index is 3.34. The Kier molecular flexibility index (Phi) is 21.7. The molecule has 16 heteroatoms. The van der Waals surface area contributed by atoms with Crippen molar-refractivity contribution in [1.29, 1.82) is 0 Å². The van der Waals surface area contributed by atoms with Crippen LogP contribution in [0.1, 0.15) is 97.5 Å². The zero-order chi connectivity index (χ0) is 40.8. The van der Waals surface area contributed by atoms with Gasteiger partial charge in [0.2, 0.25) is 29.5 Å². The molecule has 1 aromatic rings. The third-order valence-electron chi connectivity index (χ3n) is 8.80. The minimum absolute atomic E-state index is 0.00728. The van der Waals surface area contributed by atoms with Crippen LogP contribution < -0.4 is 43.8 Å². The highest BCUT2D eigenvalue weighted by atomic mass is 16.4. The SMILES string of the molecule is C=CC[C@H](NC(=O)[C@H](CCCCN)NC(=O)[C@H](CCCCN)NC(=O)[C@@](C)(N)CCC)C(=O)N[C@@H](Cc1ccc(O)cc1)C(=O)N[C@@H](CC(C)C)C(=O)O. The number of hydrogen-bond donors (Lipinski definition) is 10. The largest absolute Gasteiger partial charge is 0.508 e. The summed E-state index contributed by atoms with van der Waals surface area (Å²) in [4.78, 5) is 79.8. The molecule has 0 saturated heterocycles. The fourth-order valence-electron chi connectivity index (χ4n) is 5.74. The molecule has 0 aliphatic carbocycles. The number of aliphatic carboxylic acids is 1. The summed E-state index contributed by atoms with van der Waals surface area (Å²) in [5, 5.41) is 32.8. The number of carboxylic acids is 1. The minimum atomic E-state index is -1.26. The lowest BCUT2D eigenvalue weighted by Crippen LogP contribution is -2.60. The van der Waals surface area contributed by atoms with Gasteiger partial charge in [0.25, 0.3) is 0 Å². The van der Waals surface area contributed by atoms with E-state index in [1.807, 2.05) is 20.8 Å². The molecule has 0 bridgehead atoms. The standard InChI is InChI=1S/C38H64N8O8/c1-6-12-27(32(48)44-30(23-25-15-17-26(47)18-16-25)35(51)45-31(36(52)53)22-24(3)4)42-33(49)28(13-8-10-20-39)43-34(50)29(14-9-11-21-40)46-37(54)38(5,41)19-7-2/h6,15-18,24,27-31,47H,1,7-14,19-23,39-41H2,2-5H3,(H,42,49)(H,43,50)(H,44,48)(H,45,51)(H,46,54)(H,52,53)/t27-,28-,29-,30-,31-,38-/m0/s1. The van der Waals surface area contributed by atoms with Gasteiger partial charge in [0.15, 0.2) is 0 Å². The Bertz CT molecular complexity index is 1370. The fraction of sp³-hybridized carbons (Fsp3) is 0.632. The van der Waals surface area contributed by atoms with Crippen LogP contribution in [0.4, 0.5) is 0 Å². The molecule has 0 radical (unpaired) electrons. The zero-order valence-corrected chi connectivity index (χ0v) is 32.3. The van der Waals surface area contributed by atoms with Crippen LogP contribution in [0.25, 0.3) is 0 Å². The molecule has 304 valence electrons. The molecule has 0 heterocycles. The third kappa shape index (κ3) is 17.5. The molecule has 54 heavy (non-hydrogen) atoms. The van der Waals surface area contributed by atoms with Gasteiger partial charge in [0, 0.05) is 6.42 Å². The molecule has 0 fully saturated rings. The smallest absolute Gasteiger partial charge is 0.326 e.